The first-order valence-corrected chi connectivity index (χ1v) is 5.63. The molecule has 15 heavy (non-hydrogen) atoms. The molecule has 1 unspecified atom stereocenters. The lowest BCUT2D eigenvalue weighted by Crippen LogP contribution is -2.54. The van der Waals surface area contributed by atoms with Crippen molar-refractivity contribution in [1.82, 2.24) is 4.90 Å². The van der Waals surface area contributed by atoms with Gasteiger partial charge >= 0.3 is 5.97 Å². The lowest BCUT2D eigenvalue weighted by molar-refractivity contribution is -0.152. The topological polar surface area (TPSA) is 49.8 Å². The minimum atomic E-state index is -0.110. The van der Waals surface area contributed by atoms with Gasteiger partial charge in [-0.3, -0.25) is 9.69 Å². The Morgan fingerprint density at radius 2 is 2.33 bits per heavy atom. The van der Waals surface area contributed by atoms with Crippen molar-refractivity contribution in [2.24, 2.45) is 5.41 Å². The van der Waals surface area contributed by atoms with E-state index in [-0.39, 0.29) is 18.6 Å². The number of aliphatic hydroxyl groups excluding tert-OH is 1. The van der Waals surface area contributed by atoms with Crippen LogP contribution in [0.3, 0.4) is 0 Å². The van der Waals surface area contributed by atoms with Gasteiger partial charge in [0.1, 0.15) is 6.04 Å². The van der Waals surface area contributed by atoms with Crippen molar-refractivity contribution in [3.8, 4) is 0 Å². The third kappa shape index (κ3) is 2.16. The third-order valence-electron chi connectivity index (χ3n) is 3.74. The standard InChI is InChI=1S/C11H19NO3/c1-15-10(14)9-2-6-12(9)8-11(3-4-11)5-7-13/h9,13H,2-8H2,1H3. The molecule has 2 fully saturated rings. The van der Waals surface area contributed by atoms with Gasteiger partial charge in [0, 0.05) is 19.7 Å². The molecule has 1 atom stereocenters. The van der Waals surface area contributed by atoms with Crippen molar-refractivity contribution in [2.75, 3.05) is 26.8 Å². The molecule has 1 aliphatic heterocycles. The molecule has 1 aliphatic carbocycles. The predicted molar refractivity (Wildman–Crippen MR) is 55.4 cm³/mol. The number of rotatable bonds is 5. The molecular formula is C11H19NO3. The van der Waals surface area contributed by atoms with E-state index in [9.17, 15) is 4.79 Å². The van der Waals surface area contributed by atoms with Crippen LogP contribution in [0.15, 0.2) is 0 Å². The smallest absolute Gasteiger partial charge is 0.323 e. The van der Waals surface area contributed by atoms with Gasteiger partial charge < -0.3 is 9.84 Å². The first-order valence-electron chi connectivity index (χ1n) is 5.63. The highest BCUT2D eigenvalue weighted by molar-refractivity contribution is 5.76. The van der Waals surface area contributed by atoms with E-state index in [0.717, 1.165) is 25.9 Å². The average Bonchev–Trinajstić information content (AvgIpc) is 2.94. The molecule has 0 radical (unpaired) electrons. The van der Waals surface area contributed by atoms with Gasteiger partial charge in [-0.1, -0.05) is 0 Å². The molecule has 0 spiro atoms. The van der Waals surface area contributed by atoms with Crippen LogP contribution in [0.4, 0.5) is 0 Å². The lowest BCUT2D eigenvalue weighted by Gasteiger charge is -2.41. The molecule has 0 aromatic carbocycles. The van der Waals surface area contributed by atoms with Gasteiger partial charge in [0.05, 0.1) is 7.11 Å². The monoisotopic (exact) mass is 213 g/mol. The second kappa shape index (κ2) is 4.10. The van der Waals surface area contributed by atoms with Crippen molar-refractivity contribution >= 4 is 5.97 Å². The lowest BCUT2D eigenvalue weighted by atomic mass is 9.96. The predicted octanol–water partition coefficient (Wildman–Crippen LogP) is 0.396. The van der Waals surface area contributed by atoms with Crippen molar-refractivity contribution in [3.05, 3.63) is 0 Å². The molecule has 1 saturated heterocycles. The molecule has 4 nitrogen and oxygen atoms in total. The molecule has 1 N–H and O–H groups in total. The van der Waals surface area contributed by atoms with Gasteiger partial charge in [-0.25, -0.2) is 0 Å². The number of aliphatic hydroxyl groups is 1. The summed E-state index contributed by atoms with van der Waals surface area (Å²) in [7, 11) is 1.44. The molecule has 1 saturated carbocycles. The largest absolute Gasteiger partial charge is 0.468 e. The summed E-state index contributed by atoms with van der Waals surface area (Å²) in [4.78, 5) is 13.5. The maximum atomic E-state index is 11.4. The Labute approximate surface area is 90.2 Å². The summed E-state index contributed by atoms with van der Waals surface area (Å²) in [6.07, 6.45) is 4.18. The Morgan fingerprint density at radius 3 is 2.73 bits per heavy atom. The minimum absolute atomic E-state index is 0.0221. The summed E-state index contributed by atoms with van der Waals surface area (Å²) in [5.41, 5.74) is 0.307. The summed E-state index contributed by atoms with van der Waals surface area (Å²) in [6.45, 7) is 2.21. The number of hydrogen-bond donors (Lipinski definition) is 1. The van der Waals surface area contributed by atoms with Crippen LogP contribution in [0.1, 0.15) is 25.7 Å². The van der Waals surface area contributed by atoms with Crippen LogP contribution in [0.2, 0.25) is 0 Å². The average molecular weight is 213 g/mol. The van der Waals surface area contributed by atoms with Crippen LogP contribution in [-0.2, 0) is 9.53 Å². The van der Waals surface area contributed by atoms with E-state index in [1.807, 2.05) is 0 Å². The van der Waals surface area contributed by atoms with Crippen molar-refractivity contribution < 1.29 is 14.6 Å². The molecular weight excluding hydrogens is 194 g/mol. The molecule has 0 aromatic rings. The molecule has 1 heterocycles. The number of nitrogens with zero attached hydrogens (tertiary/aromatic N) is 1. The zero-order valence-corrected chi connectivity index (χ0v) is 9.24. The molecule has 2 rings (SSSR count). The van der Waals surface area contributed by atoms with E-state index in [4.69, 9.17) is 9.84 Å². The Balaban J connectivity index is 1.83. The van der Waals surface area contributed by atoms with Gasteiger partial charge in [-0.05, 0) is 31.1 Å². The fraction of sp³-hybridized carbons (Fsp3) is 0.909. The Morgan fingerprint density at radius 1 is 1.60 bits per heavy atom. The van der Waals surface area contributed by atoms with E-state index >= 15 is 0 Å². The number of ether oxygens (including phenoxy) is 1. The van der Waals surface area contributed by atoms with Crippen molar-refractivity contribution in [3.63, 3.8) is 0 Å². The highest BCUT2D eigenvalue weighted by Crippen LogP contribution is 2.50. The quantitative estimate of drug-likeness (QED) is 0.671. The zero-order valence-electron chi connectivity index (χ0n) is 9.24. The number of hydrogen-bond acceptors (Lipinski definition) is 4. The van der Waals surface area contributed by atoms with E-state index in [1.54, 1.807) is 0 Å². The van der Waals surface area contributed by atoms with E-state index in [1.165, 1.54) is 20.0 Å². The second-order valence-corrected chi connectivity index (χ2v) is 4.77. The third-order valence-corrected chi connectivity index (χ3v) is 3.74. The van der Waals surface area contributed by atoms with Crippen LogP contribution >= 0.6 is 0 Å². The number of carbonyl (C=O) groups excluding carboxylic acids is 1. The highest BCUT2D eigenvalue weighted by Gasteiger charge is 2.47. The summed E-state index contributed by atoms with van der Waals surface area (Å²) >= 11 is 0. The fourth-order valence-electron chi connectivity index (χ4n) is 2.36. The fourth-order valence-corrected chi connectivity index (χ4v) is 2.36. The summed E-state index contributed by atoms with van der Waals surface area (Å²) in [5, 5.41) is 8.96. The van der Waals surface area contributed by atoms with Crippen LogP contribution in [0.5, 0.6) is 0 Å². The van der Waals surface area contributed by atoms with Crippen LogP contribution in [-0.4, -0.2) is 48.8 Å². The second-order valence-electron chi connectivity index (χ2n) is 4.77. The van der Waals surface area contributed by atoms with Gasteiger partial charge in [-0.2, -0.15) is 0 Å². The highest BCUT2D eigenvalue weighted by atomic mass is 16.5. The van der Waals surface area contributed by atoms with Crippen molar-refractivity contribution in [2.45, 2.75) is 31.7 Å². The molecule has 4 heteroatoms. The van der Waals surface area contributed by atoms with E-state index in [2.05, 4.69) is 4.90 Å². The Bertz CT molecular complexity index is 250. The van der Waals surface area contributed by atoms with Gasteiger partial charge in [-0.15, -0.1) is 0 Å². The number of likely N-dealkylation sites (tertiary alicyclic amines) is 1. The van der Waals surface area contributed by atoms with E-state index in [0.29, 0.717) is 5.41 Å². The number of esters is 1. The molecule has 0 bridgehead atoms. The van der Waals surface area contributed by atoms with Crippen LogP contribution in [0, 0.1) is 5.41 Å². The molecule has 0 aromatic heterocycles. The normalized spacial score (nSPS) is 28.3. The first kappa shape index (κ1) is 10.9. The SMILES string of the molecule is COC(=O)C1CCN1CC1(CCO)CC1. The van der Waals surface area contributed by atoms with Gasteiger partial charge in [0.2, 0.25) is 0 Å². The maximum absolute atomic E-state index is 11.4. The van der Waals surface area contributed by atoms with Crippen LogP contribution in [0.25, 0.3) is 0 Å². The number of methoxy groups -OCH3 is 1. The summed E-state index contributed by atoms with van der Waals surface area (Å²) in [6, 6.07) is -0.0221. The first-order chi connectivity index (χ1) is 7.21. The Hall–Kier alpha value is -0.610. The maximum Gasteiger partial charge on any atom is 0.323 e. The van der Waals surface area contributed by atoms with Gasteiger partial charge in [0.15, 0.2) is 0 Å². The van der Waals surface area contributed by atoms with E-state index < -0.39 is 0 Å². The molecule has 86 valence electrons. The Kier molecular flexibility index (Phi) is 2.98. The minimum Gasteiger partial charge on any atom is -0.468 e. The number of carbonyl (C=O) groups is 1. The van der Waals surface area contributed by atoms with Crippen molar-refractivity contribution in [1.29, 1.82) is 0 Å². The van der Waals surface area contributed by atoms with Crippen LogP contribution < -0.4 is 0 Å². The molecule has 0 amide bonds. The zero-order chi connectivity index (χ0) is 10.9. The molecule has 2 aliphatic rings. The van der Waals surface area contributed by atoms with Gasteiger partial charge in [0.25, 0.3) is 0 Å². The summed E-state index contributed by atoms with van der Waals surface area (Å²) < 4.78 is 4.75. The summed E-state index contributed by atoms with van der Waals surface area (Å²) in [5.74, 6) is -0.110.